The van der Waals surface area contributed by atoms with E-state index < -0.39 is 0 Å². The first kappa shape index (κ1) is 21.9. The molecule has 1 saturated carbocycles. The second-order valence-electron chi connectivity index (χ2n) is 8.12. The molecule has 0 amide bonds. The summed E-state index contributed by atoms with van der Waals surface area (Å²) in [6.45, 7) is 14.3. The Labute approximate surface area is 152 Å². The van der Waals surface area contributed by atoms with Gasteiger partial charge in [0, 0.05) is 13.1 Å². The maximum Gasteiger partial charge on any atom is 0.000974 e. The Hall–Kier alpha value is -0.160. The molecule has 0 aromatic rings. The summed E-state index contributed by atoms with van der Waals surface area (Å²) in [5.41, 5.74) is 0. The summed E-state index contributed by atoms with van der Waals surface area (Å²) >= 11 is 0. The summed E-state index contributed by atoms with van der Waals surface area (Å²) in [6.07, 6.45) is 5.47. The van der Waals surface area contributed by atoms with Crippen LogP contribution in [0.25, 0.3) is 0 Å². The van der Waals surface area contributed by atoms with E-state index in [0.29, 0.717) is 0 Å². The van der Waals surface area contributed by atoms with Gasteiger partial charge >= 0.3 is 0 Å². The third-order valence-electron chi connectivity index (χ3n) is 5.91. The highest BCUT2D eigenvalue weighted by molar-refractivity contribution is 4.84. The topological polar surface area (TPSA) is 13.0 Å². The van der Waals surface area contributed by atoms with Crippen molar-refractivity contribution in [1.82, 2.24) is 19.6 Å². The van der Waals surface area contributed by atoms with E-state index in [9.17, 15) is 0 Å². The molecule has 2 atom stereocenters. The summed E-state index contributed by atoms with van der Waals surface area (Å²) < 4.78 is 0. The third kappa shape index (κ3) is 8.80. The molecule has 0 radical (unpaired) electrons. The first-order valence-corrected chi connectivity index (χ1v) is 10.2. The van der Waals surface area contributed by atoms with Crippen LogP contribution in [0, 0.1) is 11.8 Å². The van der Waals surface area contributed by atoms with Crippen LogP contribution in [0.15, 0.2) is 0 Å². The summed E-state index contributed by atoms with van der Waals surface area (Å²) in [6, 6.07) is 0. The maximum absolute atomic E-state index is 2.57. The minimum absolute atomic E-state index is 0.930. The lowest BCUT2D eigenvalue weighted by Crippen LogP contribution is -2.42. The molecule has 0 heterocycles. The molecule has 144 valence electrons. The highest BCUT2D eigenvalue weighted by Gasteiger charge is 2.31. The van der Waals surface area contributed by atoms with Gasteiger partial charge in [0.15, 0.2) is 0 Å². The van der Waals surface area contributed by atoms with E-state index in [-0.39, 0.29) is 0 Å². The molecular formula is C20H44N4. The average molecular weight is 341 g/mol. The van der Waals surface area contributed by atoms with Gasteiger partial charge in [0.25, 0.3) is 0 Å². The van der Waals surface area contributed by atoms with Gasteiger partial charge in [-0.1, -0.05) is 13.8 Å². The highest BCUT2D eigenvalue weighted by Crippen LogP contribution is 2.35. The largest absolute Gasteiger partial charge is 0.307 e. The highest BCUT2D eigenvalue weighted by atomic mass is 15.1. The number of nitrogens with zero attached hydrogens (tertiary/aromatic N) is 4. The molecule has 0 aromatic heterocycles. The molecule has 0 aliphatic heterocycles. The van der Waals surface area contributed by atoms with Crippen molar-refractivity contribution in [1.29, 1.82) is 0 Å². The Bertz CT molecular complexity index is 280. The Morgan fingerprint density at radius 3 is 1.21 bits per heavy atom. The Kier molecular flexibility index (Phi) is 11.2. The molecule has 0 saturated heterocycles. The van der Waals surface area contributed by atoms with Crippen molar-refractivity contribution in [3.8, 4) is 0 Å². The molecule has 0 bridgehead atoms. The zero-order valence-corrected chi connectivity index (χ0v) is 17.4. The summed E-state index contributed by atoms with van der Waals surface area (Å²) in [5.74, 6) is 1.86. The van der Waals surface area contributed by atoms with Crippen LogP contribution in [-0.2, 0) is 0 Å². The van der Waals surface area contributed by atoms with E-state index in [1.807, 2.05) is 0 Å². The van der Waals surface area contributed by atoms with Gasteiger partial charge in [-0.15, -0.1) is 0 Å². The van der Waals surface area contributed by atoms with Gasteiger partial charge in [-0.25, -0.2) is 0 Å². The van der Waals surface area contributed by atoms with Crippen LogP contribution in [0.1, 0.15) is 39.5 Å². The normalized spacial score (nSPS) is 21.2. The third-order valence-corrected chi connectivity index (χ3v) is 5.91. The summed E-state index contributed by atoms with van der Waals surface area (Å²) in [7, 11) is 9.06. The molecule has 0 N–H and O–H groups in total. The zero-order valence-electron chi connectivity index (χ0n) is 17.4. The van der Waals surface area contributed by atoms with Gasteiger partial charge in [0.1, 0.15) is 0 Å². The maximum atomic E-state index is 2.57. The second kappa shape index (κ2) is 12.2. The van der Waals surface area contributed by atoms with E-state index in [2.05, 4.69) is 61.6 Å². The van der Waals surface area contributed by atoms with Crippen molar-refractivity contribution in [3.63, 3.8) is 0 Å². The lowest BCUT2D eigenvalue weighted by molar-refractivity contribution is 0.0875. The van der Waals surface area contributed by atoms with Crippen LogP contribution >= 0.6 is 0 Å². The molecule has 4 nitrogen and oxygen atoms in total. The van der Waals surface area contributed by atoms with Gasteiger partial charge in [-0.2, -0.15) is 0 Å². The first-order chi connectivity index (χ1) is 11.5. The minimum atomic E-state index is 0.930. The molecule has 2 unspecified atom stereocenters. The summed E-state index contributed by atoms with van der Waals surface area (Å²) in [4.78, 5) is 9.95. The molecule has 24 heavy (non-hydrogen) atoms. The average Bonchev–Trinajstić information content (AvgIpc) is 2.56. The molecule has 1 aliphatic carbocycles. The lowest BCUT2D eigenvalue weighted by atomic mass is 9.73. The second-order valence-corrected chi connectivity index (χ2v) is 8.12. The Balaban J connectivity index is 2.13. The van der Waals surface area contributed by atoms with E-state index in [1.165, 1.54) is 65.0 Å². The SMILES string of the molecule is CCN(C)CCCN(C)CC1CCC1CN(C)CCCN(C)CC. The van der Waals surface area contributed by atoms with Crippen LogP contribution in [0.3, 0.4) is 0 Å². The Morgan fingerprint density at radius 1 is 0.583 bits per heavy atom. The minimum Gasteiger partial charge on any atom is -0.307 e. The Morgan fingerprint density at radius 2 is 0.917 bits per heavy atom. The van der Waals surface area contributed by atoms with Crippen molar-refractivity contribution in [2.24, 2.45) is 11.8 Å². The fourth-order valence-corrected chi connectivity index (χ4v) is 3.64. The quantitative estimate of drug-likeness (QED) is 0.482. The number of rotatable bonds is 14. The first-order valence-electron chi connectivity index (χ1n) is 10.2. The van der Waals surface area contributed by atoms with E-state index in [1.54, 1.807) is 0 Å². The van der Waals surface area contributed by atoms with Crippen molar-refractivity contribution in [2.75, 3.05) is 80.5 Å². The van der Waals surface area contributed by atoms with Crippen molar-refractivity contribution in [3.05, 3.63) is 0 Å². The predicted octanol–water partition coefficient (Wildman–Crippen LogP) is 2.56. The van der Waals surface area contributed by atoms with Crippen molar-refractivity contribution in [2.45, 2.75) is 39.5 Å². The molecule has 1 aliphatic rings. The van der Waals surface area contributed by atoms with E-state index >= 15 is 0 Å². The lowest BCUT2D eigenvalue weighted by Gasteiger charge is -2.41. The van der Waals surface area contributed by atoms with Crippen LogP contribution in [0.4, 0.5) is 0 Å². The number of hydrogen-bond acceptors (Lipinski definition) is 4. The molecule has 4 heteroatoms. The molecule has 0 aromatic carbocycles. The smallest absolute Gasteiger partial charge is 0.000974 e. The van der Waals surface area contributed by atoms with Gasteiger partial charge in [0.05, 0.1) is 0 Å². The van der Waals surface area contributed by atoms with Gasteiger partial charge in [-0.3, -0.25) is 0 Å². The van der Waals surface area contributed by atoms with Gasteiger partial charge in [0.2, 0.25) is 0 Å². The van der Waals surface area contributed by atoms with Crippen LogP contribution in [0.5, 0.6) is 0 Å². The predicted molar refractivity (Wildman–Crippen MR) is 107 cm³/mol. The fourth-order valence-electron chi connectivity index (χ4n) is 3.64. The molecule has 1 fully saturated rings. The summed E-state index contributed by atoms with van der Waals surface area (Å²) in [5, 5.41) is 0. The van der Waals surface area contributed by atoms with Crippen molar-refractivity contribution < 1.29 is 0 Å². The fraction of sp³-hybridized carbons (Fsp3) is 1.00. The molecule has 1 rings (SSSR count). The number of hydrogen-bond donors (Lipinski definition) is 0. The van der Waals surface area contributed by atoms with Crippen molar-refractivity contribution >= 4 is 0 Å². The molecule has 0 spiro atoms. The van der Waals surface area contributed by atoms with Gasteiger partial charge < -0.3 is 19.6 Å². The standard InChI is InChI=1S/C20H44N4/c1-7-21(3)13-9-15-23(5)17-19-11-12-20(19)18-24(6)16-10-14-22(4)8-2/h19-20H,7-18H2,1-6H3. The zero-order chi connectivity index (χ0) is 17.9. The van der Waals surface area contributed by atoms with Crippen LogP contribution in [0.2, 0.25) is 0 Å². The molecular weight excluding hydrogens is 296 g/mol. The van der Waals surface area contributed by atoms with Crippen LogP contribution in [-0.4, -0.2) is 100 Å². The van der Waals surface area contributed by atoms with Gasteiger partial charge in [-0.05, 0) is 105 Å². The van der Waals surface area contributed by atoms with Crippen LogP contribution < -0.4 is 0 Å². The monoisotopic (exact) mass is 340 g/mol. The van der Waals surface area contributed by atoms with E-state index in [4.69, 9.17) is 0 Å². The van der Waals surface area contributed by atoms with E-state index in [0.717, 1.165) is 24.9 Å².